The van der Waals surface area contributed by atoms with E-state index >= 15 is 0 Å². The molecule has 2 aromatic rings. The summed E-state index contributed by atoms with van der Waals surface area (Å²) in [5, 5.41) is 9.23. The molecule has 0 fully saturated rings. The van der Waals surface area contributed by atoms with Crippen LogP contribution in [0.4, 0.5) is 0 Å². The first-order valence-electron chi connectivity index (χ1n) is 6.03. The van der Waals surface area contributed by atoms with Crippen molar-refractivity contribution in [2.24, 2.45) is 10.7 Å². The molecule has 0 unspecified atom stereocenters. The van der Waals surface area contributed by atoms with Crippen LogP contribution in [-0.2, 0) is 11.2 Å². The van der Waals surface area contributed by atoms with E-state index in [1.807, 2.05) is 30.3 Å². The van der Waals surface area contributed by atoms with E-state index < -0.39 is 12.0 Å². The van der Waals surface area contributed by atoms with E-state index in [-0.39, 0.29) is 12.3 Å². The van der Waals surface area contributed by atoms with Gasteiger partial charge in [0.05, 0.1) is 6.20 Å². The summed E-state index contributed by atoms with van der Waals surface area (Å²) in [7, 11) is 0. The maximum absolute atomic E-state index is 11.3. The lowest BCUT2D eigenvalue weighted by atomic mass is 10.1. The van der Waals surface area contributed by atoms with Gasteiger partial charge in [-0.15, -0.1) is 0 Å². The second-order valence-electron chi connectivity index (χ2n) is 4.15. The van der Waals surface area contributed by atoms with E-state index in [4.69, 9.17) is 5.73 Å². The lowest BCUT2D eigenvalue weighted by Gasteiger charge is -2.09. The summed E-state index contributed by atoms with van der Waals surface area (Å²) in [5.74, 6) is -0.956. The average Bonchev–Trinajstić information content (AvgIpc) is 2.48. The third-order valence-electron chi connectivity index (χ3n) is 2.68. The van der Waals surface area contributed by atoms with Gasteiger partial charge in [-0.2, -0.15) is 0 Å². The van der Waals surface area contributed by atoms with Crippen LogP contribution in [-0.4, -0.2) is 32.9 Å². The lowest BCUT2D eigenvalue weighted by Crippen LogP contribution is -2.26. The van der Waals surface area contributed by atoms with E-state index in [0.717, 1.165) is 5.56 Å². The molecule has 102 valence electrons. The summed E-state index contributed by atoms with van der Waals surface area (Å²) in [6.45, 7) is 0. The van der Waals surface area contributed by atoms with E-state index in [0.29, 0.717) is 5.69 Å². The minimum atomic E-state index is -1.03. The number of nitrogens with two attached hydrogens (primary N) is 1. The maximum atomic E-state index is 11.3. The van der Waals surface area contributed by atoms with E-state index in [1.54, 1.807) is 0 Å². The van der Waals surface area contributed by atoms with Crippen LogP contribution < -0.4 is 5.73 Å². The first-order chi connectivity index (χ1) is 9.66. The van der Waals surface area contributed by atoms with E-state index in [1.165, 1.54) is 18.6 Å². The zero-order chi connectivity index (χ0) is 14.4. The molecule has 3 N–H and O–H groups in total. The molecule has 0 spiro atoms. The molecule has 1 aromatic carbocycles. The van der Waals surface area contributed by atoms with Gasteiger partial charge in [-0.1, -0.05) is 30.3 Å². The third kappa shape index (κ3) is 3.61. The molecule has 2 rings (SSSR count). The monoisotopic (exact) mass is 270 g/mol. The number of nitrogens with zero attached hydrogens (tertiary/aromatic N) is 3. The standard InChI is InChI=1S/C14H14N4O2/c15-13(12-9-16-6-7-17-12)18-11(14(19)20)8-10-4-2-1-3-5-10/h1-7,9,11H,8H2,(H2,15,18)(H,19,20)/t11-/m0/s1. The number of aliphatic imine (C=N–C) groups is 1. The summed E-state index contributed by atoms with van der Waals surface area (Å²) in [5.41, 5.74) is 7.02. The number of rotatable bonds is 5. The highest BCUT2D eigenvalue weighted by Crippen LogP contribution is 2.07. The fraction of sp³-hybridized carbons (Fsp3) is 0.143. The van der Waals surface area contributed by atoms with Gasteiger partial charge in [-0.05, 0) is 5.56 Å². The van der Waals surface area contributed by atoms with Crippen LogP contribution in [0.3, 0.4) is 0 Å². The highest BCUT2D eigenvalue weighted by atomic mass is 16.4. The number of carboxylic acids is 1. The molecule has 1 aromatic heterocycles. The fourth-order valence-electron chi connectivity index (χ4n) is 1.69. The second-order valence-corrected chi connectivity index (χ2v) is 4.15. The van der Waals surface area contributed by atoms with Crippen LogP contribution in [0.25, 0.3) is 0 Å². The molecule has 0 saturated carbocycles. The second kappa shape index (κ2) is 6.42. The van der Waals surface area contributed by atoms with Gasteiger partial charge in [0.25, 0.3) is 0 Å². The fourth-order valence-corrected chi connectivity index (χ4v) is 1.69. The number of benzene rings is 1. The van der Waals surface area contributed by atoms with Crippen LogP contribution in [0.2, 0.25) is 0 Å². The Hall–Kier alpha value is -2.76. The smallest absolute Gasteiger partial charge is 0.328 e. The third-order valence-corrected chi connectivity index (χ3v) is 2.68. The molecule has 0 bridgehead atoms. The highest BCUT2D eigenvalue weighted by molar-refractivity contribution is 5.96. The molecule has 0 aliphatic heterocycles. The van der Waals surface area contributed by atoms with Gasteiger partial charge in [-0.25, -0.2) is 9.78 Å². The Morgan fingerprint density at radius 3 is 2.65 bits per heavy atom. The largest absolute Gasteiger partial charge is 0.480 e. The number of carboxylic acid groups (broad SMARTS) is 1. The Bertz CT molecular complexity index is 599. The lowest BCUT2D eigenvalue weighted by molar-refractivity contribution is -0.138. The maximum Gasteiger partial charge on any atom is 0.328 e. The molecule has 1 atom stereocenters. The predicted octanol–water partition coefficient (Wildman–Crippen LogP) is 0.878. The van der Waals surface area contributed by atoms with Crippen LogP contribution in [0.1, 0.15) is 11.3 Å². The summed E-state index contributed by atoms with van der Waals surface area (Å²) < 4.78 is 0. The van der Waals surface area contributed by atoms with Crippen molar-refractivity contribution in [1.29, 1.82) is 0 Å². The number of aliphatic carboxylic acids is 1. The number of carbonyl (C=O) groups is 1. The Labute approximate surface area is 116 Å². The van der Waals surface area contributed by atoms with E-state index in [2.05, 4.69) is 15.0 Å². The van der Waals surface area contributed by atoms with Crippen molar-refractivity contribution in [2.75, 3.05) is 0 Å². The minimum absolute atomic E-state index is 0.0708. The number of hydrogen-bond acceptors (Lipinski definition) is 4. The van der Waals surface area contributed by atoms with Crippen LogP contribution in [0.15, 0.2) is 53.9 Å². The molecule has 6 heteroatoms. The normalized spacial score (nSPS) is 12.9. The molecule has 1 heterocycles. The van der Waals surface area contributed by atoms with Crippen molar-refractivity contribution in [2.45, 2.75) is 12.5 Å². The van der Waals surface area contributed by atoms with E-state index in [9.17, 15) is 9.90 Å². The van der Waals surface area contributed by atoms with Gasteiger partial charge in [0, 0.05) is 18.8 Å². The first-order valence-corrected chi connectivity index (χ1v) is 6.03. The van der Waals surface area contributed by atoms with Gasteiger partial charge in [0.15, 0.2) is 6.04 Å². The van der Waals surface area contributed by atoms with Crippen molar-refractivity contribution in [3.8, 4) is 0 Å². The van der Waals surface area contributed by atoms with Crippen LogP contribution in [0, 0.1) is 0 Å². The summed E-state index contributed by atoms with van der Waals surface area (Å²) in [4.78, 5) is 23.2. The van der Waals surface area contributed by atoms with Crippen LogP contribution >= 0.6 is 0 Å². The molecule has 0 saturated heterocycles. The van der Waals surface area contributed by atoms with Crippen LogP contribution in [0.5, 0.6) is 0 Å². The summed E-state index contributed by atoms with van der Waals surface area (Å²) >= 11 is 0. The van der Waals surface area contributed by atoms with Gasteiger partial charge < -0.3 is 10.8 Å². The summed E-state index contributed by atoms with van der Waals surface area (Å²) in [6.07, 6.45) is 4.71. The van der Waals surface area contributed by atoms with Gasteiger partial charge in [-0.3, -0.25) is 9.98 Å². The first kappa shape index (κ1) is 13.7. The van der Waals surface area contributed by atoms with Crippen molar-refractivity contribution in [3.63, 3.8) is 0 Å². The Morgan fingerprint density at radius 1 is 1.30 bits per heavy atom. The zero-order valence-electron chi connectivity index (χ0n) is 10.7. The van der Waals surface area contributed by atoms with Crippen molar-refractivity contribution in [3.05, 3.63) is 60.2 Å². The van der Waals surface area contributed by atoms with Crippen molar-refractivity contribution >= 4 is 11.8 Å². The van der Waals surface area contributed by atoms with Crippen molar-refractivity contribution < 1.29 is 9.90 Å². The van der Waals surface area contributed by atoms with Gasteiger partial charge >= 0.3 is 5.97 Å². The number of aromatic nitrogens is 2. The van der Waals surface area contributed by atoms with Gasteiger partial charge in [0.1, 0.15) is 11.5 Å². The quantitative estimate of drug-likeness (QED) is 0.620. The molecule has 0 amide bonds. The zero-order valence-corrected chi connectivity index (χ0v) is 10.7. The van der Waals surface area contributed by atoms with Crippen molar-refractivity contribution in [1.82, 2.24) is 9.97 Å². The molecule has 0 aliphatic rings. The molecular weight excluding hydrogens is 256 g/mol. The predicted molar refractivity (Wildman–Crippen MR) is 74.3 cm³/mol. The Kier molecular flexibility index (Phi) is 4.39. The molecule has 20 heavy (non-hydrogen) atoms. The van der Waals surface area contributed by atoms with Gasteiger partial charge in [0.2, 0.25) is 0 Å². The Balaban J connectivity index is 2.20. The molecule has 0 radical (unpaired) electrons. The topological polar surface area (TPSA) is 101 Å². The minimum Gasteiger partial charge on any atom is -0.480 e. The summed E-state index contributed by atoms with van der Waals surface area (Å²) in [6, 6.07) is 8.33. The highest BCUT2D eigenvalue weighted by Gasteiger charge is 2.18. The molecule has 0 aliphatic carbocycles. The Morgan fingerprint density at radius 2 is 2.05 bits per heavy atom. The number of amidine groups is 1. The molecule has 6 nitrogen and oxygen atoms in total. The number of hydrogen-bond donors (Lipinski definition) is 2. The average molecular weight is 270 g/mol. The SMILES string of the molecule is NC(=N[C@@H](Cc1ccccc1)C(=O)O)c1cnccn1. The molecular formula is C14H14N4O2.